The van der Waals surface area contributed by atoms with E-state index in [1.165, 1.54) is 22.4 Å². The van der Waals surface area contributed by atoms with Crippen molar-refractivity contribution >= 4 is 6.03 Å². The lowest BCUT2D eigenvalue weighted by atomic mass is 9.96. The van der Waals surface area contributed by atoms with Crippen LogP contribution in [0.1, 0.15) is 30.4 Å². The van der Waals surface area contributed by atoms with Crippen molar-refractivity contribution in [3.05, 3.63) is 96.2 Å². The Morgan fingerprint density at radius 2 is 1.58 bits per heavy atom. The van der Waals surface area contributed by atoms with Crippen molar-refractivity contribution < 1.29 is 18.0 Å². The highest BCUT2D eigenvalue weighted by atomic mass is 19.4. The number of nitrogens with zero attached hydrogens (tertiary/aromatic N) is 4. The Morgan fingerprint density at radius 1 is 0.889 bits per heavy atom. The van der Waals surface area contributed by atoms with Crippen molar-refractivity contribution in [2.75, 3.05) is 6.54 Å². The van der Waals surface area contributed by atoms with Crippen molar-refractivity contribution in [3.8, 4) is 22.4 Å². The molecule has 1 atom stereocenters. The van der Waals surface area contributed by atoms with E-state index in [9.17, 15) is 18.0 Å². The number of hydrogen-bond acceptors (Lipinski definition) is 3. The molecule has 3 aromatic carbocycles. The summed E-state index contributed by atoms with van der Waals surface area (Å²) >= 11 is 0. The second-order valence-corrected chi connectivity index (χ2v) is 8.98. The van der Waals surface area contributed by atoms with E-state index < -0.39 is 11.7 Å². The first kappa shape index (κ1) is 23.8. The minimum atomic E-state index is -4.44. The quantitative estimate of drug-likeness (QED) is 0.320. The molecule has 0 N–H and O–H groups in total. The molecule has 5 nitrogen and oxygen atoms in total. The zero-order valence-electron chi connectivity index (χ0n) is 19.5. The highest BCUT2D eigenvalue weighted by Gasteiger charge is 2.33. The van der Waals surface area contributed by atoms with E-state index in [-0.39, 0.29) is 17.6 Å². The average Bonchev–Trinajstić information content (AvgIpc) is 3.39. The Balaban J connectivity index is 1.34. The molecule has 0 bridgehead atoms. The average molecular weight is 491 g/mol. The second-order valence-electron chi connectivity index (χ2n) is 8.98. The van der Waals surface area contributed by atoms with Gasteiger partial charge in [-0.1, -0.05) is 78.0 Å². The number of rotatable bonds is 4. The maximum Gasteiger partial charge on any atom is 0.417 e. The second kappa shape index (κ2) is 9.97. The Hall–Kier alpha value is -3.94. The lowest BCUT2D eigenvalue weighted by Gasteiger charge is -2.35. The molecule has 5 rings (SSSR count). The molecule has 0 saturated carbocycles. The van der Waals surface area contributed by atoms with Gasteiger partial charge in [0.05, 0.1) is 11.8 Å². The van der Waals surface area contributed by atoms with Crippen LogP contribution in [0, 0.1) is 0 Å². The summed E-state index contributed by atoms with van der Waals surface area (Å²) in [4.78, 5) is 15.2. The first-order valence-corrected chi connectivity index (χ1v) is 11.9. The molecule has 36 heavy (non-hydrogen) atoms. The molecule has 0 spiro atoms. The maximum atomic E-state index is 13.4. The summed E-state index contributed by atoms with van der Waals surface area (Å²) in [6, 6.07) is 22.1. The maximum absolute atomic E-state index is 13.4. The zero-order valence-corrected chi connectivity index (χ0v) is 19.5. The summed E-state index contributed by atoms with van der Waals surface area (Å²) in [5.41, 5.74) is 2.23. The molecule has 2 heterocycles. The van der Waals surface area contributed by atoms with Gasteiger partial charge in [0.25, 0.3) is 0 Å². The normalized spacial score (nSPS) is 16.2. The van der Waals surface area contributed by atoms with Crippen LogP contribution in [0.5, 0.6) is 0 Å². The highest BCUT2D eigenvalue weighted by Crippen LogP contribution is 2.37. The number of carbonyl (C=O) groups excluding carboxylic acids is 1. The van der Waals surface area contributed by atoms with Gasteiger partial charge in [-0.15, -0.1) is 5.10 Å². The van der Waals surface area contributed by atoms with Crippen LogP contribution in [0.15, 0.2) is 85.1 Å². The fourth-order valence-corrected chi connectivity index (χ4v) is 4.77. The monoisotopic (exact) mass is 490 g/mol. The molecular weight excluding hydrogens is 465 g/mol. The van der Waals surface area contributed by atoms with Crippen LogP contribution in [-0.2, 0) is 12.6 Å². The van der Waals surface area contributed by atoms with E-state index in [0.29, 0.717) is 23.4 Å². The van der Waals surface area contributed by atoms with E-state index in [4.69, 9.17) is 0 Å². The molecule has 0 radical (unpaired) electrons. The van der Waals surface area contributed by atoms with Crippen molar-refractivity contribution in [2.24, 2.45) is 0 Å². The topological polar surface area (TPSA) is 51.0 Å². The number of amides is 1. The smallest absolute Gasteiger partial charge is 0.320 e. The first-order valence-electron chi connectivity index (χ1n) is 11.9. The van der Waals surface area contributed by atoms with Gasteiger partial charge in [0.2, 0.25) is 0 Å². The fraction of sp³-hybridized carbons (Fsp3) is 0.250. The number of likely N-dealkylation sites (tertiary alicyclic amines) is 1. The van der Waals surface area contributed by atoms with Crippen molar-refractivity contribution in [1.82, 2.24) is 19.9 Å². The summed E-state index contributed by atoms with van der Waals surface area (Å²) in [6.07, 6.45) is 0.880. The molecule has 1 saturated heterocycles. The van der Waals surface area contributed by atoms with Gasteiger partial charge in [-0.05, 0) is 48.4 Å². The van der Waals surface area contributed by atoms with Crippen LogP contribution in [0.2, 0.25) is 0 Å². The Morgan fingerprint density at radius 3 is 2.33 bits per heavy atom. The van der Waals surface area contributed by atoms with Gasteiger partial charge in [-0.3, -0.25) is 0 Å². The Kier molecular flexibility index (Phi) is 6.59. The van der Waals surface area contributed by atoms with Gasteiger partial charge < -0.3 is 4.90 Å². The van der Waals surface area contributed by atoms with E-state index >= 15 is 0 Å². The molecule has 1 aromatic heterocycles. The predicted molar refractivity (Wildman–Crippen MR) is 131 cm³/mol. The van der Waals surface area contributed by atoms with Crippen LogP contribution >= 0.6 is 0 Å². The summed E-state index contributed by atoms with van der Waals surface area (Å²) in [5.74, 6) is 0. The van der Waals surface area contributed by atoms with Gasteiger partial charge in [0.1, 0.15) is 5.69 Å². The predicted octanol–water partition coefficient (Wildman–Crippen LogP) is 6.70. The molecule has 1 fully saturated rings. The number of halogens is 3. The van der Waals surface area contributed by atoms with Gasteiger partial charge in [-0.2, -0.15) is 17.9 Å². The number of carbonyl (C=O) groups is 1. The van der Waals surface area contributed by atoms with Gasteiger partial charge >= 0.3 is 12.2 Å². The third kappa shape index (κ3) is 5.03. The van der Waals surface area contributed by atoms with E-state index in [1.54, 1.807) is 36.5 Å². The molecule has 1 aliphatic rings. The van der Waals surface area contributed by atoms with Crippen molar-refractivity contribution in [1.29, 1.82) is 0 Å². The molecule has 184 valence electrons. The van der Waals surface area contributed by atoms with Crippen LogP contribution in [0.3, 0.4) is 0 Å². The minimum absolute atomic E-state index is 0.0919. The number of piperidine rings is 1. The van der Waals surface area contributed by atoms with Gasteiger partial charge in [-0.25, -0.2) is 4.79 Å². The van der Waals surface area contributed by atoms with Crippen LogP contribution in [0.25, 0.3) is 22.4 Å². The first-order chi connectivity index (χ1) is 17.4. The number of benzene rings is 3. The summed E-state index contributed by atoms with van der Waals surface area (Å²) in [5, 5.41) is 8.22. The SMILES string of the molecule is O=C(N1CCCCC1Cc1ccccc1)n1cc(-c2ccc(-c3ccccc3C(F)(F)F)cc2)nn1. The van der Waals surface area contributed by atoms with Crippen LogP contribution in [-0.4, -0.2) is 38.5 Å². The van der Waals surface area contributed by atoms with Gasteiger partial charge in [0, 0.05) is 18.2 Å². The number of alkyl halides is 3. The molecule has 4 aromatic rings. The summed E-state index contributed by atoms with van der Waals surface area (Å²) in [6.45, 7) is 0.666. The van der Waals surface area contributed by atoms with E-state index in [2.05, 4.69) is 22.4 Å². The van der Waals surface area contributed by atoms with Crippen molar-refractivity contribution in [2.45, 2.75) is 37.9 Å². The largest absolute Gasteiger partial charge is 0.417 e. The summed E-state index contributed by atoms with van der Waals surface area (Å²) < 4.78 is 41.5. The standard InChI is InChI=1S/C28H25F3N4O/c29-28(30,31)25-12-5-4-11-24(25)21-13-15-22(16-14-21)26-19-35(33-32-26)27(36)34-17-7-6-10-23(34)18-20-8-2-1-3-9-20/h1-5,8-9,11-16,19,23H,6-7,10,17-18H2. The van der Waals surface area contributed by atoms with Crippen LogP contribution in [0.4, 0.5) is 18.0 Å². The highest BCUT2D eigenvalue weighted by molar-refractivity contribution is 5.78. The van der Waals surface area contributed by atoms with E-state index in [0.717, 1.165) is 31.7 Å². The molecule has 1 unspecified atom stereocenters. The molecule has 1 aliphatic heterocycles. The lowest BCUT2D eigenvalue weighted by molar-refractivity contribution is -0.137. The Labute approximate surface area is 207 Å². The van der Waals surface area contributed by atoms with Gasteiger partial charge in [0.15, 0.2) is 0 Å². The zero-order chi connectivity index (χ0) is 25.1. The minimum Gasteiger partial charge on any atom is -0.320 e. The van der Waals surface area contributed by atoms with Crippen molar-refractivity contribution in [3.63, 3.8) is 0 Å². The molecule has 0 aliphatic carbocycles. The fourth-order valence-electron chi connectivity index (χ4n) is 4.77. The molecule has 8 heteroatoms. The number of aromatic nitrogens is 3. The molecular formula is C28H25F3N4O. The van der Waals surface area contributed by atoms with E-state index in [1.807, 2.05) is 23.1 Å². The Bertz CT molecular complexity index is 1330. The third-order valence-electron chi connectivity index (χ3n) is 6.60. The van der Waals surface area contributed by atoms with Crippen LogP contribution < -0.4 is 0 Å². The summed E-state index contributed by atoms with van der Waals surface area (Å²) in [7, 11) is 0. The lowest BCUT2D eigenvalue weighted by Crippen LogP contribution is -2.46. The number of hydrogen-bond donors (Lipinski definition) is 0. The third-order valence-corrected chi connectivity index (χ3v) is 6.60. The molecule has 1 amide bonds.